The van der Waals surface area contributed by atoms with Gasteiger partial charge in [0.05, 0.1) is 25.4 Å². The minimum Gasteiger partial charge on any atom is -0.394 e. The van der Waals surface area contributed by atoms with Gasteiger partial charge in [-0.2, -0.15) is 8.42 Å². The lowest BCUT2D eigenvalue weighted by Gasteiger charge is -2.10. The van der Waals surface area contributed by atoms with Gasteiger partial charge in [-0.25, -0.2) is 8.37 Å². The third kappa shape index (κ3) is 15.8. The molecule has 0 aliphatic heterocycles. The van der Waals surface area contributed by atoms with Crippen LogP contribution in [-0.4, -0.2) is 58.1 Å². The smallest absolute Gasteiger partial charge is 0.394 e. The summed E-state index contributed by atoms with van der Waals surface area (Å²) in [5, 5.41) is 20.1. The van der Waals surface area contributed by atoms with E-state index in [0.717, 1.165) is 0 Å². The lowest BCUT2D eigenvalue weighted by molar-refractivity contribution is 0.101. The number of nitrogens with one attached hydrogen (secondary N) is 1. The quantitative estimate of drug-likeness (QED) is 0.560. The minimum atomic E-state index is -4.06. The van der Waals surface area contributed by atoms with E-state index < -0.39 is 29.2 Å². The van der Waals surface area contributed by atoms with E-state index in [2.05, 4.69) is 13.7 Å². The van der Waals surface area contributed by atoms with Crippen molar-refractivity contribution >= 4 is 10.4 Å². The van der Waals surface area contributed by atoms with Crippen molar-refractivity contribution in [3.05, 3.63) is 0 Å². The Morgan fingerprint density at radius 3 is 2.12 bits per heavy atom. The summed E-state index contributed by atoms with van der Waals surface area (Å²) >= 11 is 0. The molecule has 2 atom stereocenters. The standard InChI is InChI=1S/C7H16O6S.C2H7N/c1-6(9)3-4-12-14(10,11)13-7(2)5-8;1-3-2/h6-9H,3-5H2,1-2H3;3H,1-2H3. The van der Waals surface area contributed by atoms with E-state index in [9.17, 15) is 8.42 Å². The Morgan fingerprint density at radius 2 is 1.76 bits per heavy atom. The molecule has 0 saturated carbocycles. The molecule has 3 N–H and O–H groups in total. The van der Waals surface area contributed by atoms with Gasteiger partial charge >= 0.3 is 10.4 Å². The largest absolute Gasteiger partial charge is 0.400 e. The van der Waals surface area contributed by atoms with Crippen LogP contribution in [0.25, 0.3) is 0 Å². The van der Waals surface area contributed by atoms with Gasteiger partial charge in [0.15, 0.2) is 0 Å². The maximum Gasteiger partial charge on any atom is 0.400 e. The van der Waals surface area contributed by atoms with Crippen molar-refractivity contribution in [1.29, 1.82) is 0 Å². The van der Waals surface area contributed by atoms with Crippen LogP contribution in [0, 0.1) is 0 Å². The molecule has 0 aromatic rings. The number of hydrogen-bond donors (Lipinski definition) is 3. The third-order valence-corrected chi connectivity index (χ3v) is 2.32. The zero-order chi connectivity index (χ0) is 13.9. The van der Waals surface area contributed by atoms with Crippen molar-refractivity contribution in [2.45, 2.75) is 32.5 Å². The molecule has 7 nitrogen and oxygen atoms in total. The lowest BCUT2D eigenvalue weighted by Crippen LogP contribution is -2.21. The van der Waals surface area contributed by atoms with Crippen LogP contribution in [-0.2, 0) is 18.8 Å². The molecular weight excluding hydrogens is 250 g/mol. The molecule has 106 valence electrons. The molecule has 0 radical (unpaired) electrons. The Labute approximate surface area is 103 Å². The van der Waals surface area contributed by atoms with Gasteiger partial charge in [-0.1, -0.05) is 0 Å². The van der Waals surface area contributed by atoms with Gasteiger partial charge in [0.25, 0.3) is 0 Å². The van der Waals surface area contributed by atoms with Crippen LogP contribution in [0.5, 0.6) is 0 Å². The Kier molecular flexibility index (Phi) is 12.2. The SMILES string of the molecule is CC(O)CCOS(=O)(=O)OC(C)CO.CNC. The molecule has 0 bridgehead atoms. The normalized spacial score (nSPS) is 14.7. The first kappa shape index (κ1) is 19.1. The average Bonchev–Trinajstić information content (AvgIpc) is 2.17. The van der Waals surface area contributed by atoms with Crippen LogP contribution < -0.4 is 5.32 Å². The summed E-state index contributed by atoms with van der Waals surface area (Å²) in [5.41, 5.74) is 0. The fourth-order valence-corrected chi connectivity index (χ4v) is 1.40. The number of aliphatic hydroxyl groups is 2. The van der Waals surface area contributed by atoms with Crippen molar-refractivity contribution in [1.82, 2.24) is 5.32 Å². The molecule has 8 heteroatoms. The second-order valence-electron chi connectivity index (χ2n) is 3.46. The van der Waals surface area contributed by atoms with Crippen LogP contribution in [0.1, 0.15) is 20.3 Å². The van der Waals surface area contributed by atoms with Crippen molar-refractivity contribution in [3.63, 3.8) is 0 Å². The van der Waals surface area contributed by atoms with Gasteiger partial charge in [-0.3, -0.25) is 0 Å². The Bertz CT molecular complexity index is 254. The van der Waals surface area contributed by atoms with Gasteiger partial charge in [-0.15, -0.1) is 0 Å². The summed E-state index contributed by atoms with van der Waals surface area (Å²) in [7, 11) is -0.310. The van der Waals surface area contributed by atoms with E-state index >= 15 is 0 Å². The first-order valence-corrected chi connectivity index (χ1v) is 6.57. The number of aliphatic hydroxyl groups excluding tert-OH is 2. The fourth-order valence-electron chi connectivity index (χ4n) is 0.580. The van der Waals surface area contributed by atoms with Gasteiger partial charge in [0.2, 0.25) is 0 Å². The zero-order valence-electron chi connectivity index (χ0n) is 10.7. The minimum absolute atomic E-state index is 0.141. The maximum atomic E-state index is 10.9. The lowest BCUT2D eigenvalue weighted by atomic mass is 10.3. The molecule has 0 rings (SSSR count). The molecule has 0 saturated heterocycles. The second kappa shape index (κ2) is 10.9. The molecule has 0 aromatic carbocycles. The van der Waals surface area contributed by atoms with Crippen LogP contribution in [0.2, 0.25) is 0 Å². The Balaban J connectivity index is 0. The fraction of sp³-hybridized carbons (Fsp3) is 1.00. The first-order chi connectivity index (χ1) is 7.79. The summed E-state index contributed by atoms with van der Waals surface area (Å²) in [5.74, 6) is 0. The number of rotatable bonds is 7. The number of hydrogen-bond acceptors (Lipinski definition) is 7. The van der Waals surface area contributed by atoms with Gasteiger partial charge in [0, 0.05) is 0 Å². The molecule has 0 aromatic heterocycles. The van der Waals surface area contributed by atoms with Gasteiger partial charge in [0.1, 0.15) is 0 Å². The summed E-state index contributed by atoms with van der Waals surface area (Å²) < 4.78 is 30.7. The highest BCUT2D eigenvalue weighted by Gasteiger charge is 2.16. The second-order valence-corrected chi connectivity index (χ2v) is 4.70. The van der Waals surface area contributed by atoms with Crippen molar-refractivity contribution in [3.8, 4) is 0 Å². The van der Waals surface area contributed by atoms with Crippen LogP contribution in [0.15, 0.2) is 0 Å². The van der Waals surface area contributed by atoms with E-state index in [1.807, 2.05) is 14.1 Å². The Hall–Kier alpha value is -0.250. The van der Waals surface area contributed by atoms with E-state index in [-0.39, 0.29) is 13.0 Å². The maximum absolute atomic E-state index is 10.9. The van der Waals surface area contributed by atoms with Crippen molar-refractivity contribution in [2.24, 2.45) is 0 Å². The molecule has 0 amide bonds. The van der Waals surface area contributed by atoms with Gasteiger partial charge < -0.3 is 15.5 Å². The third-order valence-electron chi connectivity index (χ3n) is 1.30. The summed E-state index contributed by atoms with van der Waals surface area (Å²) in [6.45, 7) is 2.37. The van der Waals surface area contributed by atoms with Gasteiger partial charge in [-0.05, 0) is 34.4 Å². The molecule has 2 unspecified atom stereocenters. The Morgan fingerprint density at radius 1 is 1.29 bits per heavy atom. The summed E-state index contributed by atoms with van der Waals surface area (Å²) in [4.78, 5) is 0. The van der Waals surface area contributed by atoms with Crippen molar-refractivity contribution in [2.75, 3.05) is 27.3 Å². The predicted molar refractivity (Wildman–Crippen MR) is 63.8 cm³/mol. The topological polar surface area (TPSA) is 105 Å². The van der Waals surface area contributed by atoms with Crippen LogP contribution in [0.3, 0.4) is 0 Å². The molecule has 0 fully saturated rings. The molecular formula is C9H23NO6S. The molecule has 0 spiro atoms. The highest BCUT2D eigenvalue weighted by Crippen LogP contribution is 2.03. The highest BCUT2D eigenvalue weighted by atomic mass is 32.3. The van der Waals surface area contributed by atoms with E-state index in [0.29, 0.717) is 0 Å². The van der Waals surface area contributed by atoms with E-state index in [4.69, 9.17) is 10.2 Å². The molecule has 0 heterocycles. The highest BCUT2D eigenvalue weighted by molar-refractivity contribution is 7.81. The molecule has 0 aliphatic carbocycles. The van der Waals surface area contributed by atoms with Crippen LogP contribution >= 0.6 is 0 Å². The molecule has 17 heavy (non-hydrogen) atoms. The zero-order valence-corrected chi connectivity index (χ0v) is 11.5. The summed E-state index contributed by atoms with van der Waals surface area (Å²) in [6.07, 6.45) is -1.25. The average molecular weight is 273 g/mol. The van der Waals surface area contributed by atoms with Crippen molar-refractivity contribution < 1.29 is 27.0 Å². The van der Waals surface area contributed by atoms with Crippen LogP contribution in [0.4, 0.5) is 0 Å². The predicted octanol–water partition coefficient (Wildman–Crippen LogP) is -0.748. The molecule has 0 aliphatic rings. The van der Waals surface area contributed by atoms with E-state index in [1.165, 1.54) is 13.8 Å². The summed E-state index contributed by atoms with van der Waals surface area (Å²) in [6, 6.07) is 0. The first-order valence-electron chi connectivity index (χ1n) is 5.24. The monoisotopic (exact) mass is 273 g/mol. The van der Waals surface area contributed by atoms with E-state index in [1.54, 1.807) is 0 Å².